The highest BCUT2D eigenvalue weighted by molar-refractivity contribution is 5.99. The van der Waals surface area contributed by atoms with Gasteiger partial charge in [-0.25, -0.2) is 23.7 Å². The van der Waals surface area contributed by atoms with Crippen molar-refractivity contribution in [2.24, 2.45) is 18.9 Å². The van der Waals surface area contributed by atoms with Crippen molar-refractivity contribution < 1.29 is 17.7 Å². The van der Waals surface area contributed by atoms with E-state index in [1.165, 1.54) is 24.0 Å². The molecule has 1 saturated carbocycles. The summed E-state index contributed by atoms with van der Waals surface area (Å²) in [7, 11) is 1.52. The smallest absolute Gasteiger partial charge is 0.295 e. The first-order valence-corrected chi connectivity index (χ1v) is 10.6. The SMILES string of the molecule is [2H]C([2H])([2H])Nc1ncc(C#Cc2ccc3nc(C(F)F)n(C)c3c2)c2cc(NC(=O)C3CC3C)ncc12. The van der Waals surface area contributed by atoms with Crippen molar-refractivity contribution in [3.05, 3.63) is 53.6 Å². The summed E-state index contributed by atoms with van der Waals surface area (Å²) < 4.78 is 50.3. The van der Waals surface area contributed by atoms with Crippen LogP contribution in [0.25, 0.3) is 21.8 Å². The Bertz CT molecular complexity index is 1610. The summed E-state index contributed by atoms with van der Waals surface area (Å²) in [6.07, 6.45) is 1.01. The van der Waals surface area contributed by atoms with Crippen LogP contribution in [-0.2, 0) is 11.8 Å². The molecule has 1 aromatic carbocycles. The van der Waals surface area contributed by atoms with Crippen LogP contribution in [0.1, 0.15) is 40.8 Å². The number of pyridine rings is 2. The van der Waals surface area contributed by atoms with Gasteiger partial charge in [0.25, 0.3) is 6.43 Å². The molecule has 3 heterocycles. The van der Waals surface area contributed by atoms with E-state index in [0.717, 1.165) is 6.42 Å². The summed E-state index contributed by atoms with van der Waals surface area (Å²) >= 11 is 0. The Morgan fingerprint density at radius 1 is 1.24 bits per heavy atom. The highest BCUT2D eigenvalue weighted by Gasteiger charge is 2.39. The Morgan fingerprint density at radius 2 is 2.06 bits per heavy atom. The number of hydrogen-bond donors (Lipinski definition) is 2. The number of imidazole rings is 1. The number of rotatable bonds is 4. The summed E-state index contributed by atoms with van der Waals surface area (Å²) in [5.74, 6) is 6.32. The maximum atomic E-state index is 13.2. The molecule has 34 heavy (non-hydrogen) atoms. The minimum Gasteiger partial charge on any atom is -0.373 e. The normalized spacial score (nSPS) is 18.7. The van der Waals surface area contributed by atoms with E-state index in [1.54, 1.807) is 24.3 Å². The van der Waals surface area contributed by atoms with Gasteiger partial charge >= 0.3 is 0 Å². The Hall–Kier alpha value is -4.06. The molecule has 1 aliphatic carbocycles. The molecular formula is C25H22F2N6O. The van der Waals surface area contributed by atoms with Crippen LogP contribution in [-0.4, -0.2) is 32.4 Å². The van der Waals surface area contributed by atoms with Crippen molar-refractivity contribution in [3.63, 3.8) is 0 Å². The molecule has 0 bridgehead atoms. The highest BCUT2D eigenvalue weighted by Crippen LogP contribution is 2.38. The number of halogens is 2. The van der Waals surface area contributed by atoms with Gasteiger partial charge in [0.15, 0.2) is 5.82 Å². The van der Waals surface area contributed by atoms with Crippen LogP contribution in [0.3, 0.4) is 0 Å². The van der Waals surface area contributed by atoms with Gasteiger partial charge in [0.1, 0.15) is 11.6 Å². The van der Waals surface area contributed by atoms with E-state index in [9.17, 15) is 13.6 Å². The molecule has 2 N–H and O–H groups in total. The van der Waals surface area contributed by atoms with E-state index in [2.05, 4.69) is 37.4 Å². The van der Waals surface area contributed by atoms with Gasteiger partial charge in [0.2, 0.25) is 5.91 Å². The van der Waals surface area contributed by atoms with Crippen molar-refractivity contribution in [2.45, 2.75) is 19.8 Å². The lowest BCUT2D eigenvalue weighted by atomic mass is 10.1. The number of benzene rings is 1. The molecule has 2 atom stereocenters. The topological polar surface area (TPSA) is 84.7 Å². The Balaban J connectivity index is 1.55. The van der Waals surface area contributed by atoms with Gasteiger partial charge in [-0.2, -0.15) is 0 Å². The van der Waals surface area contributed by atoms with Crippen molar-refractivity contribution in [2.75, 3.05) is 17.6 Å². The molecule has 0 spiro atoms. The van der Waals surface area contributed by atoms with E-state index in [4.69, 9.17) is 4.11 Å². The van der Waals surface area contributed by atoms with Gasteiger partial charge < -0.3 is 15.2 Å². The van der Waals surface area contributed by atoms with Crippen LogP contribution >= 0.6 is 0 Å². The van der Waals surface area contributed by atoms with Gasteiger partial charge in [-0.05, 0) is 36.6 Å². The quantitative estimate of drug-likeness (QED) is 0.436. The van der Waals surface area contributed by atoms with Crippen LogP contribution in [0.2, 0.25) is 0 Å². The van der Waals surface area contributed by atoms with E-state index in [-0.39, 0.29) is 23.5 Å². The second-order valence-corrected chi connectivity index (χ2v) is 8.35. The first kappa shape index (κ1) is 18.4. The van der Waals surface area contributed by atoms with Crippen molar-refractivity contribution in [1.29, 1.82) is 0 Å². The molecule has 4 aromatic rings. The molecule has 3 aromatic heterocycles. The molecular weight excluding hydrogens is 438 g/mol. The third-order valence-corrected chi connectivity index (χ3v) is 6.04. The zero-order valence-electron chi connectivity index (χ0n) is 21.4. The summed E-state index contributed by atoms with van der Waals surface area (Å²) in [4.78, 5) is 24.9. The maximum absolute atomic E-state index is 13.2. The molecule has 172 valence electrons. The summed E-state index contributed by atoms with van der Waals surface area (Å²) in [5.41, 5.74) is 2.00. The van der Waals surface area contributed by atoms with Gasteiger partial charge in [-0.3, -0.25) is 4.79 Å². The fraction of sp³-hybridized carbons (Fsp3) is 0.280. The first-order valence-electron chi connectivity index (χ1n) is 12.1. The Morgan fingerprint density at radius 3 is 2.79 bits per heavy atom. The lowest BCUT2D eigenvalue weighted by Crippen LogP contribution is -2.15. The summed E-state index contributed by atoms with van der Waals surface area (Å²) in [6, 6.07) is 6.62. The predicted molar refractivity (Wildman–Crippen MR) is 127 cm³/mol. The Labute approximate surface area is 198 Å². The van der Waals surface area contributed by atoms with E-state index in [0.29, 0.717) is 44.7 Å². The number of alkyl halides is 2. The second kappa shape index (κ2) is 8.37. The number of amides is 1. The minimum absolute atomic E-state index is 0.0468. The molecule has 1 aliphatic rings. The maximum Gasteiger partial charge on any atom is 0.295 e. The molecule has 5 rings (SSSR count). The average molecular weight is 464 g/mol. The number of hydrogen-bond acceptors (Lipinski definition) is 5. The lowest BCUT2D eigenvalue weighted by Gasteiger charge is -2.09. The number of aromatic nitrogens is 4. The van der Waals surface area contributed by atoms with E-state index >= 15 is 0 Å². The number of carbonyl (C=O) groups excluding carboxylic acids is 1. The monoisotopic (exact) mass is 463 g/mol. The average Bonchev–Trinajstić information content (AvgIpc) is 3.48. The van der Waals surface area contributed by atoms with Crippen molar-refractivity contribution >= 4 is 39.3 Å². The number of aryl methyl sites for hydroxylation is 1. The summed E-state index contributed by atoms with van der Waals surface area (Å²) in [6.45, 7) is -0.473. The Kier molecular flexibility index (Phi) is 4.53. The molecule has 2 unspecified atom stereocenters. The van der Waals surface area contributed by atoms with Crippen molar-refractivity contribution in [1.82, 2.24) is 19.5 Å². The molecule has 1 amide bonds. The van der Waals surface area contributed by atoms with E-state index in [1.807, 2.05) is 6.92 Å². The van der Waals surface area contributed by atoms with Crippen LogP contribution in [0.5, 0.6) is 0 Å². The van der Waals surface area contributed by atoms with Crippen molar-refractivity contribution in [3.8, 4) is 11.8 Å². The fourth-order valence-corrected chi connectivity index (χ4v) is 3.93. The van der Waals surface area contributed by atoms with Gasteiger partial charge in [0, 0.05) is 52.8 Å². The zero-order valence-corrected chi connectivity index (χ0v) is 18.4. The third-order valence-electron chi connectivity index (χ3n) is 6.04. The molecule has 0 aliphatic heterocycles. The molecule has 0 saturated heterocycles. The zero-order chi connectivity index (χ0) is 26.5. The second-order valence-electron chi connectivity index (χ2n) is 8.35. The predicted octanol–water partition coefficient (Wildman–Crippen LogP) is 4.49. The number of nitrogens with one attached hydrogen (secondary N) is 2. The standard InChI is InChI=1S/C25H22F2N6O/c1-13-8-16(13)25(34)32-21-10-17-15(11-30-23(28-2)18(17)12-29-21)6-4-14-5-7-19-20(9-14)33(3)24(31-19)22(26)27/h5,7,9-13,16,22H,8H2,1-3H3,(H,28,30)(H,29,32,34)/i2D3. The molecule has 9 heteroatoms. The summed E-state index contributed by atoms with van der Waals surface area (Å²) in [5, 5.41) is 6.18. The van der Waals surface area contributed by atoms with Crippen LogP contribution < -0.4 is 10.6 Å². The highest BCUT2D eigenvalue weighted by atomic mass is 19.3. The van der Waals surface area contributed by atoms with Gasteiger partial charge in [0.05, 0.1) is 16.6 Å². The fourth-order valence-electron chi connectivity index (χ4n) is 3.93. The number of nitrogens with zero attached hydrogens (tertiary/aromatic N) is 4. The van der Waals surface area contributed by atoms with Crippen LogP contribution in [0, 0.1) is 23.7 Å². The van der Waals surface area contributed by atoms with Gasteiger partial charge in [-0.1, -0.05) is 18.8 Å². The molecule has 0 radical (unpaired) electrons. The first-order chi connectivity index (χ1) is 17.5. The number of anilines is 2. The number of carbonyl (C=O) groups is 1. The largest absolute Gasteiger partial charge is 0.373 e. The number of fused-ring (bicyclic) bond motifs is 2. The minimum atomic E-state index is -2.70. The molecule has 1 fully saturated rings. The molecule has 7 nitrogen and oxygen atoms in total. The van der Waals surface area contributed by atoms with Gasteiger partial charge in [-0.15, -0.1) is 0 Å². The van der Waals surface area contributed by atoms with Crippen LogP contribution in [0.15, 0.2) is 36.7 Å². The van der Waals surface area contributed by atoms with E-state index < -0.39 is 13.4 Å². The van der Waals surface area contributed by atoms with Crippen LogP contribution in [0.4, 0.5) is 20.4 Å². The third kappa shape index (κ3) is 3.92. The lowest BCUT2D eigenvalue weighted by molar-refractivity contribution is -0.117.